The van der Waals surface area contributed by atoms with Crippen molar-refractivity contribution in [3.05, 3.63) is 64.4 Å². The van der Waals surface area contributed by atoms with Crippen molar-refractivity contribution in [2.75, 3.05) is 26.0 Å². The van der Waals surface area contributed by atoms with Gasteiger partial charge in [-0.2, -0.15) is 5.10 Å². The van der Waals surface area contributed by atoms with Crippen LogP contribution in [-0.4, -0.2) is 84.7 Å². The lowest BCUT2D eigenvalue weighted by Gasteiger charge is -2.24. The molecule has 4 aromatic rings. The van der Waals surface area contributed by atoms with E-state index in [4.69, 9.17) is 0 Å². The summed E-state index contributed by atoms with van der Waals surface area (Å²) in [7, 11) is 3.35. The number of pyridine rings is 1. The molecular formula is C31H33BrN8O4. The number of amides is 3. The number of benzene rings is 1. The van der Waals surface area contributed by atoms with Crippen LogP contribution in [-0.2, 0) is 27.3 Å². The third-order valence-electron chi connectivity index (χ3n) is 7.65. The molecule has 1 fully saturated rings. The zero-order valence-electron chi connectivity index (χ0n) is 25.2. The first-order valence-electron chi connectivity index (χ1n) is 14.2. The van der Waals surface area contributed by atoms with E-state index < -0.39 is 6.04 Å². The molecule has 0 unspecified atom stereocenters. The van der Waals surface area contributed by atoms with Gasteiger partial charge in [-0.3, -0.25) is 23.9 Å². The molecule has 1 saturated heterocycles. The summed E-state index contributed by atoms with van der Waals surface area (Å²) in [5.41, 5.74) is 3.14. The largest absolute Gasteiger partial charge is 0.348 e. The molecule has 0 saturated carbocycles. The molecule has 0 spiro atoms. The lowest BCUT2D eigenvalue weighted by Crippen LogP contribution is -2.44. The number of nitrogens with zero attached hydrogens (tertiary/aromatic N) is 7. The van der Waals surface area contributed by atoms with Crippen molar-refractivity contribution in [1.82, 2.24) is 34.5 Å². The van der Waals surface area contributed by atoms with Gasteiger partial charge in [0.2, 0.25) is 17.7 Å². The van der Waals surface area contributed by atoms with Crippen LogP contribution in [0.25, 0.3) is 22.0 Å². The van der Waals surface area contributed by atoms with E-state index in [1.54, 1.807) is 43.5 Å². The Hall–Kier alpha value is -4.52. The van der Waals surface area contributed by atoms with Crippen LogP contribution >= 0.6 is 15.9 Å². The number of fused-ring (bicyclic) bond motifs is 1. The third kappa shape index (κ3) is 6.52. The van der Waals surface area contributed by atoms with Gasteiger partial charge >= 0.3 is 0 Å². The second-order valence-corrected chi connectivity index (χ2v) is 12.2. The van der Waals surface area contributed by atoms with Gasteiger partial charge < -0.3 is 15.1 Å². The van der Waals surface area contributed by atoms with Gasteiger partial charge in [0.25, 0.3) is 0 Å². The zero-order chi connectivity index (χ0) is 31.7. The molecule has 1 aliphatic heterocycles. The number of aromatic nitrogens is 5. The third-order valence-corrected chi connectivity index (χ3v) is 8.10. The second-order valence-electron chi connectivity index (χ2n) is 11.3. The van der Waals surface area contributed by atoms with Crippen molar-refractivity contribution in [2.24, 2.45) is 5.92 Å². The molecule has 1 N–H and O–H groups in total. The molecule has 1 aliphatic rings. The summed E-state index contributed by atoms with van der Waals surface area (Å²) in [6.07, 6.45) is 3.90. The van der Waals surface area contributed by atoms with Crippen molar-refractivity contribution in [1.29, 1.82) is 0 Å². The van der Waals surface area contributed by atoms with E-state index >= 15 is 0 Å². The lowest BCUT2D eigenvalue weighted by molar-refractivity contribution is -0.137. The van der Waals surface area contributed by atoms with Gasteiger partial charge in [-0.05, 0) is 64.5 Å². The van der Waals surface area contributed by atoms with Crippen LogP contribution in [0.4, 0.5) is 5.82 Å². The fraction of sp³-hybridized carbons (Fsp3) is 0.355. The highest BCUT2D eigenvalue weighted by Gasteiger charge is 2.38. The molecular weight excluding hydrogens is 628 g/mol. The summed E-state index contributed by atoms with van der Waals surface area (Å²) >= 11 is 3.34. The van der Waals surface area contributed by atoms with Crippen LogP contribution < -0.4 is 5.32 Å². The van der Waals surface area contributed by atoms with Gasteiger partial charge in [-0.25, -0.2) is 15.0 Å². The van der Waals surface area contributed by atoms with E-state index in [1.807, 2.05) is 32.0 Å². The van der Waals surface area contributed by atoms with E-state index in [0.29, 0.717) is 45.7 Å². The number of ketones is 1. The van der Waals surface area contributed by atoms with Gasteiger partial charge in [0.15, 0.2) is 5.78 Å². The molecule has 4 heterocycles. The Bertz CT molecular complexity index is 1770. The number of hydrogen-bond acceptors (Lipinski definition) is 8. The minimum Gasteiger partial charge on any atom is -0.348 e. The molecule has 5 rings (SSSR count). The lowest BCUT2D eigenvalue weighted by atomic mass is 10.0. The minimum absolute atomic E-state index is 0.0977. The number of carbonyl (C=O) groups excluding carboxylic acids is 4. The van der Waals surface area contributed by atoms with Gasteiger partial charge in [0.1, 0.15) is 34.5 Å². The minimum atomic E-state index is -0.658. The van der Waals surface area contributed by atoms with Crippen LogP contribution in [0.15, 0.2) is 47.3 Å². The average Bonchev–Trinajstić information content (AvgIpc) is 3.55. The molecule has 0 aliphatic carbocycles. The molecule has 12 nitrogen and oxygen atoms in total. The zero-order valence-corrected chi connectivity index (χ0v) is 26.8. The van der Waals surface area contributed by atoms with E-state index in [1.165, 1.54) is 16.5 Å². The highest BCUT2D eigenvalue weighted by molar-refractivity contribution is 9.10. The Labute approximate surface area is 263 Å². The average molecular weight is 662 g/mol. The van der Waals surface area contributed by atoms with Crippen molar-refractivity contribution < 1.29 is 19.2 Å². The normalized spacial score (nSPS) is 16.3. The van der Waals surface area contributed by atoms with Crippen molar-refractivity contribution in [3.63, 3.8) is 0 Å². The number of likely N-dealkylation sites (N-methyl/N-ethyl adjacent to an activating group) is 1. The van der Waals surface area contributed by atoms with Crippen molar-refractivity contribution >= 4 is 56.2 Å². The number of rotatable bonds is 8. The van der Waals surface area contributed by atoms with Crippen molar-refractivity contribution in [2.45, 2.75) is 46.2 Å². The molecule has 3 amide bonds. The SMILES string of the molecule is CC(=O)c1nn(CC(=O)N2C[C@@H](C)C[C@H]2C(=O)Nc2nc(Br)ccc2C)c2ccc(-c3cnc(CC(=O)N(C)C)nc3)cc12. The van der Waals surface area contributed by atoms with Gasteiger partial charge in [0.05, 0.1) is 11.9 Å². The summed E-state index contributed by atoms with van der Waals surface area (Å²) in [4.78, 5) is 67.6. The maximum absolute atomic E-state index is 13.6. The number of anilines is 1. The fourth-order valence-electron chi connectivity index (χ4n) is 5.25. The van der Waals surface area contributed by atoms with E-state index in [9.17, 15) is 19.2 Å². The fourth-order valence-corrected chi connectivity index (χ4v) is 5.56. The quantitative estimate of drug-likeness (QED) is 0.223. The predicted molar refractivity (Wildman–Crippen MR) is 168 cm³/mol. The maximum atomic E-state index is 13.6. The molecule has 0 bridgehead atoms. The van der Waals surface area contributed by atoms with E-state index in [2.05, 4.69) is 41.3 Å². The summed E-state index contributed by atoms with van der Waals surface area (Å²) in [5.74, 6) is 0.0816. The highest BCUT2D eigenvalue weighted by Crippen LogP contribution is 2.29. The van der Waals surface area contributed by atoms with Crippen LogP contribution in [0.1, 0.15) is 42.1 Å². The van der Waals surface area contributed by atoms with Gasteiger partial charge in [-0.1, -0.05) is 19.1 Å². The Morgan fingerprint density at radius 2 is 1.80 bits per heavy atom. The first-order valence-corrected chi connectivity index (χ1v) is 15.0. The number of halogens is 1. The first-order chi connectivity index (χ1) is 20.9. The predicted octanol–water partition coefficient (Wildman–Crippen LogP) is 3.67. The smallest absolute Gasteiger partial charge is 0.248 e. The molecule has 1 aromatic carbocycles. The van der Waals surface area contributed by atoms with Crippen LogP contribution in [0, 0.1) is 12.8 Å². The maximum Gasteiger partial charge on any atom is 0.248 e. The Balaban J connectivity index is 1.38. The molecule has 13 heteroatoms. The molecule has 2 atom stereocenters. The van der Waals surface area contributed by atoms with Crippen LogP contribution in [0.5, 0.6) is 0 Å². The van der Waals surface area contributed by atoms with Gasteiger partial charge in [0, 0.05) is 50.9 Å². The van der Waals surface area contributed by atoms with Crippen LogP contribution in [0.3, 0.4) is 0 Å². The molecule has 44 heavy (non-hydrogen) atoms. The monoisotopic (exact) mass is 660 g/mol. The Kier molecular flexibility index (Phi) is 8.86. The van der Waals surface area contributed by atoms with E-state index in [-0.39, 0.29) is 48.1 Å². The Morgan fingerprint density at radius 1 is 1.07 bits per heavy atom. The molecule has 3 aromatic heterocycles. The summed E-state index contributed by atoms with van der Waals surface area (Å²) in [6, 6.07) is 8.47. The molecule has 228 valence electrons. The number of aryl methyl sites for hydroxylation is 1. The van der Waals surface area contributed by atoms with Gasteiger partial charge in [-0.15, -0.1) is 0 Å². The topological polar surface area (TPSA) is 143 Å². The standard InChI is InChI=1S/C31H33BrN8O4/c1-17-10-24(31(44)36-30-18(2)6-9-25(32)35-30)39(15-17)28(43)16-40-23-8-7-20(11-22(23)29(37-40)19(3)41)21-13-33-26(34-14-21)12-27(42)38(4)5/h6-9,11,13-14,17,24H,10,12,15-16H2,1-5H3,(H,35,36,44)/t17-,24-/m0/s1. The number of Topliss-reactive ketones (excluding diaryl/α,β-unsaturated/α-hetero) is 1. The highest BCUT2D eigenvalue weighted by atomic mass is 79.9. The summed E-state index contributed by atoms with van der Waals surface area (Å²) in [5, 5.41) is 7.98. The number of likely N-dealkylation sites (tertiary alicyclic amines) is 1. The van der Waals surface area contributed by atoms with E-state index in [0.717, 1.165) is 11.1 Å². The number of nitrogens with one attached hydrogen (secondary N) is 1. The van der Waals surface area contributed by atoms with Crippen LogP contribution in [0.2, 0.25) is 0 Å². The molecule has 0 radical (unpaired) electrons. The van der Waals surface area contributed by atoms with Crippen molar-refractivity contribution in [3.8, 4) is 11.1 Å². The Morgan fingerprint density at radius 3 is 2.48 bits per heavy atom. The first kappa shape index (κ1) is 30.9. The number of hydrogen-bond donors (Lipinski definition) is 1. The number of carbonyl (C=O) groups is 4. The second kappa shape index (κ2) is 12.6. The summed E-state index contributed by atoms with van der Waals surface area (Å²) < 4.78 is 2.12. The summed E-state index contributed by atoms with van der Waals surface area (Å²) in [6.45, 7) is 5.59.